The van der Waals surface area contributed by atoms with E-state index in [1.807, 2.05) is 35.9 Å². The topological polar surface area (TPSA) is 68.0 Å². The van der Waals surface area contributed by atoms with Crippen molar-refractivity contribution in [2.24, 2.45) is 0 Å². The van der Waals surface area contributed by atoms with Gasteiger partial charge in [-0.1, -0.05) is 31.2 Å². The van der Waals surface area contributed by atoms with Gasteiger partial charge in [-0.25, -0.2) is 14.8 Å². The zero-order chi connectivity index (χ0) is 14.1. The van der Waals surface area contributed by atoms with Gasteiger partial charge < -0.3 is 5.11 Å². The molecular formula is C15H13N3O2. The first-order valence-corrected chi connectivity index (χ1v) is 6.36. The van der Waals surface area contributed by atoms with E-state index in [-0.39, 0.29) is 5.56 Å². The average Bonchev–Trinajstić information content (AvgIpc) is 2.94. The molecule has 0 radical (unpaired) electrons. The molecule has 2 aromatic heterocycles. The van der Waals surface area contributed by atoms with Crippen molar-refractivity contribution in [3.63, 3.8) is 0 Å². The molecule has 5 heteroatoms. The molecule has 5 nitrogen and oxygen atoms in total. The van der Waals surface area contributed by atoms with E-state index in [4.69, 9.17) is 0 Å². The van der Waals surface area contributed by atoms with E-state index in [0.717, 1.165) is 17.6 Å². The highest BCUT2D eigenvalue weighted by molar-refractivity contribution is 6.05. The van der Waals surface area contributed by atoms with Crippen LogP contribution in [0.3, 0.4) is 0 Å². The summed E-state index contributed by atoms with van der Waals surface area (Å²) in [5.41, 5.74) is 0.211. The number of hydrogen-bond acceptors (Lipinski definition) is 3. The molecule has 0 atom stereocenters. The van der Waals surface area contributed by atoms with Crippen molar-refractivity contribution in [1.29, 1.82) is 0 Å². The van der Waals surface area contributed by atoms with Gasteiger partial charge in [0.05, 0.1) is 5.56 Å². The first kappa shape index (κ1) is 12.3. The average molecular weight is 267 g/mol. The fraction of sp³-hybridized carbons (Fsp3) is 0.133. The molecule has 0 bridgehead atoms. The SMILES string of the molecule is CCc1nccn1-c1ncc(C(=O)O)c2ccccc12. The second-order valence-electron chi connectivity index (χ2n) is 4.41. The number of aryl methyl sites for hydroxylation is 1. The number of benzene rings is 1. The van der Waals surface area contributed by atoms with Gasteiger partial charge in [-0.2, -0.15) is 0 Å². The molecule has 0 spiro atoms. The third kappa shape index (κ3) is 1.84. The quantitative estimate of drug-likeness (QED) is 0.792. The normalized spacial score (nSPS) is 10.8. The first-order chi connectivity index (χ1) is 9.72. The number of pyridine rings is 1. The zero-order valence-electron chi connectivity index (χ0n) is 10.9. The van der Waals surface area contributed by atoms with Crippen LogP contribution in [-0.4, -0.2) is 25.6 Å². The van der Waals surface area contributed by atoms with E-state index >= 15 is 0 Å². The molecule has 0 aliphatic heterocycles. The van der Waals surface area contributed by atoms with E-state index < -0.39 is 5.97 Å². The third-order valence-corrected chi connectivity index (χ3v) is 3.27. The minimum atomic E-state index is -0.971. The Labute approximate surface area is 115 Å². The molecule has 2 heterocycles. The van der Waals surface area contributed by atoms with Crippen LogP contribution in [0, 0.1) is 0 Å². The molecule has 0 fully saturated rings. The van der Waals surface area contributed by atoms with Crippen LogP contribution in [0.15, 0.2) is 42.9 Å². The number of aromatic nitrogens is 3. The second-order valence-corrected chi connectivity index (χ2v) is 4.41. The molecule has 20 heavy (non-hydrogen) atoms. The predicted molar refractivity (Wildman–Crippen MR) is 75.2 cm³/mol. The lowest BCUT2D eigenvalue weighted by molar-refractivity contribution is 0.0698. The van der Waals surface area contributed by atoms with Crippen molar-refractivity contribution >= 4 is 16.7 Å². The largest absolute Gasteiger partial charge is 0.478 e. The van der Waals surface area contributed by atoms with E-state index in [2.05, 4.69) is 9.97 Å². The molecule has 0 aliphatic rings. The first-order valence-electron chi connectivity index (χ1n) is 6.36. The molecule has 1 aromatic carbocycles. The number of nitrogens with zero attached hydrogens (tertiary/aromatic N) is 3. The van der Waals surface area contributed by atoms with Gasteiger partial charge >= 0.3 is 5.97 Å². The summed E-state index contributed by atoms with van der Waals surface area (Å²) >= 11 is 0. The van der Waals surface area contributed by atoms with Crippen LogP contribution in [0.1, 0.15) is 23.1 Å². The van der Waals surface area contributed by atoms with Crippen molar-refractivity contribution < 1.29 is 9.90 Å². The van der Waals surface area contributed by atoms with Gasteiger partial charge in [0.15, 0.2) is 0 Å². The van der Waals surface area contributed by atoms with Gasteiger partial charge in [-0.15, -0.1) is 0 Å². The highest BCUT2D eigenvalue weighted by Crippen LogP contribution is 2.24. The molecule has 0 saturated heterocycles. The minimum Gasteiger partial charge on any atom is -0.478 e. The van der Waals surface area contributed by atoms with E-state index in [1.165, 1.54) is 6.20 Å². The smallest absolute Gasteiger partial charge is 0.337 e. The number of rotatable bonds is 3. The number of fused-ring (bicyclic) bond motifs is 1. The Balaban J connectivity index is 2.34. The zero-order valence-corrected chi connectivity index (χ0v) is 10.9. The molecule has 3 aromatic rings. The summed E-state index contributed by atoms with van der Waals surface area (Å²) in [5, 5.41) is 10.7. The summed E-state index contributed by atoms with van der Waals surface area (Å²) in [4.78, 5) is 19.9. The number of carbonyl (C=O) groups is 1. The van der Waals surface area contributed by atoms with Crippen LogP contribution in [0.25, 0.3) is 16.6 Å². The van der Waals surface area contributed by atoms with Gasteiger partial charge in [-0.3, -0.25) is 4.57 Å². The highest BCUT2D eigenvalue weighted by atomic mass is 16.4. The Morgan fingerprint density at radius 3 is 2.70 bits per heavy atom. The summed E-state index contributed by atoms with van der Waals surface area (Å²) in [7, 11) is 0. The van der Waals surface area contributed by atoms with Gasteiger partial charge in [0.25, 0.3) is 0 Å². The van der Waals surface area contributed by atoms with Crippen LogP contribution in [0.4, 0.5) is 0 Å². The maximum atomic E-state index is 11.3. The van der Waals surface area contributed by atoms with Gasteiger partial charge in [0, 0.05) is 35.8 Å². The van der Waals surface area contributed by atoms with Gasteiger partial charge in [-0.05, 0) is 0 Å². The summed E-state index contributed by atoms with van der Waals surface area (Å²) < 4.78 is 1.90. The molecule has 0 amide bonds. The van der Waals surface area contributed by atoms with E-state index in [9.17, 15) is 9.90 Å². The van der Waals surface area contributed by atoms with Crippen LogP contribution < -0.4 is 0 Å². The Hall–Kier alpha value is -2.69. The molecule has 0 aliphatic carbocycles. The minimum absolute atomic E-state index is 0.211. The third-order valence-electron chi connectivity index (χ3n) is 3.27. The Bertz CT molecular complexity index is 793. The standard InChI is InChI=1S/C15H13N3O2/c1-2-13-16-7-8-18(13)14-11-6-4-3-5-10(11)12(9-17-14)15(19)20/h3-9H,2H2,1H3,(H,19,20). The summed E-state index contributed by atoms with van der Waals surface area (Å²) in [5.74, 6) is 0.632. The second kappa shape index (κ2) is 4.77. The summed E-state index contributed by atoms with van der Waals surface area (Å²) in [6, 6.07) is 7.38. The van der Waals surface area contributed by atoms with Crippen LogP contribution in [0.2, 0.25) is 0 Å². The van der Waals surface area contributed by atoms with E-state index in [0.29, 0.717) is 11.2 Å². The predicted octanol–water partition coefficient (Wildman–Crippen LogP) is 2.68. The summed E-state index contributed by atoms with van der Waals surface area (Å²) in [6.45, 7) is 2.02. The fourth-order valence-corrected chi connectivity index (χ4v) is 2.33. The van der Waals surface area contributed by atoms with Crippen LogP contribution in [0.5, 0.6) is 0 Å². The number of hydrogen-bond donors (Lipinski definition) is 1. The maximum absolute atomic E-state index is 11.3. The Morgan fingerprint density at radius 1 is 1.25 bits per heavy atom. The molecule has 0 saturated carbocycles. The van der Waals surface area contributed by atoms with Gasteiger partial charge in [0.1, 0.15) is 11.6 Å². The lowest BCUT2D eigenvalue weighted by Gasteiger charge is -2.10. The Kier molecular flexibility index (Phi) is 2.95. The number of imidazole rings is 1. The number of carboxylic acids is 1. The highest BCUT2D eigenvalue weighted by Gasteiger charge is 2.14. The molecule has 3 rings (SSSR count). The van der Waals surface area contributed by atoms with Gasteiger partial charge in [0.2, 0.25) is 0 Å². The fourth-order valence-electron chi connectivity index (χ4n) is 2.33. The molecule has 1 N–H and O–H groups in total. The number of aromatic carboxylic acids is 1. The summed E-state index contributed by atoms with van der Waals surface area (Å²) in [6.07, 6.45) is 5.75. The molecule has 0 unspecified atom stereocenters. The van der Waals surface area contributed by atoms with Crippen molar-refractivity contribution in [3.05, 3.63) is 54.2 Å². The lowest BCUT2D eigenvalue weighted by Crippen LogP contribution is -2.06. The van der Waals surface area contributed by atoms with Crippen molar-refractivity contribution in [2.75, 3.05) is 0 Å². The Morgan fingerprint density at radius 2 is 2.00 bits per heavy atom. The van der Waals surface area contributed by atoms with Crippen LogP contribution >= 0.6 is 0 Å². The van der Waals surface area contributed by atoms with Crippen molar-refractivity contribution in [3.8, 4) is 5.82 Å². The monoisotopic (exact) mass is 267 g/mol. The maximum Gasteiger partial charge on any atom is 0.337 e. The van der Waals surface area contributed by atoms with E-state index in [1.54, 1.807) is 12.3 Å². The lowest BCUT2D eigenvalue weighted by atomic mass is 10.1. The van der Waals surface area contributed by atoms with Crippen LogP contribution in [-0.2, 0) is 6.42 Å². The van der Waals surface area contributed by atoms with Crippen molar-refractivity contribution in [2.45, 2.75) is 13.3 Å². The van der Waals surface area contributed by atoms with Crippen molar-refractivity contribution in [1.82, 2.24) is 14.5 Å². The molecular weight excluding hydrogens is 254 g/mol. The molecule has 100 valence electrons. The number of carboxylic acid groups (broad SMARTS) is 1.